The molecule has 0 radical (unpaired) electrons. The Morgan fingerprint density at radius 3 is 2.44 bits per heavy atom. The minimum atomic E-state index is -0.477. The van der Waals surface area contributed by atoms with E-state index in [1.807, 2.05) is 12.1 Å². The Morgan fingerprint density at radius 2 is 1.67 bits per heavy atom. The van der Waals surface area contributed by atoms with Crippen LogP contribution in [-0.2, 0) is 6.42 Å². The summed E-state index contributed by atoms with van der Waals surface area (Å²) in [6.45, 7) is 2.17. The van der Waals surface area contributed by atoms with Crippen LogP contribution in [-0.4, -0.2) is 0 Å². The second kappa shape index (κ2) is 5.79. The number of rotatable bonds is 2. The molecule has 27 heavy (non-hydrogen) atoms. The van der Waals surface area contributed by atoms with Gasteiger partial charge in [0.05, 0.1) is 5.56 Å². The number of hydrogen-bond donors (Lipinski definition) is 0. The Hall–Kier alpha value is -3.44. The summed E-state index contributed by atoms with van der Waals surface area (Å²) >= 11 is 0. The van der Waals surface area contributed by atoms with Crippen LogP contribution in [0, 0.1) is 17.1 Å². The average Bonchev–Trinajstić information content (AvgIpc) is 2.71. The van der Waals surface area contributed by atoms with E-state index in [0.29, 0.717) is 0 Å². The number of hydrogen-bond acceptors (Lipinski definition) is 1. The Bertz CT molecular complexity index is 1370. The maximum atomic E-state index is 14.3. The lowest BCUT2D eigenvalue weighted by Crippen LogP contribution is -1.92. The molecule has 0 amide bonds. The molecule has 0 N–H and O–H groups in total. The van der Waals surface area contributed by atoms with Gasteiger partial charge >= 0.3 is 0 Å². The summed E-state index contributed by atoms with van der Waals surface area (Å²) in [5.74, 6) is -0.477. The highest BCUT2D eigenvalue weighted by molar-refractivity contribution is 6.26. The lowest BCUT2D eigenvalue weighted by Gasteiger charge is -2.17. The molecule has 128 valence electrons. The summed E-state index contributed by atoms with van der Waals surface area (Å²) in [7, 11) is 0. The third kappa shape index (κ3) is 2.22. The fourth-order valence-corrected chi connectivity index (χ4v) is 4.21. The molecule has 0 unspecified atom stereocenters. The van der Waals surface area contributed by atoms with Crippen LogP contribution in [0.25, 0.3) is 43.4 Å². The van der Waals surface area contributed by atoms with Crippen molar-refractivity contribution in [3.05, 3.63) is 83.7 Å². The molecule has 0 heterocycles. The predicted octanol–water partition coefficient (Wildman–Crippen LogP) is 6.82. The van der Waals surface area contributed by atoms with Crippen LogP contribution in [0.4, 0.5) is 4.39 Å². The molecular weight excluding hydrogens is 333 g/mol. The molecule has 0 aliphatic rings. The average molecular weight is 349 g/mol. The third-order valence-corrected chi connectivity index (χ3v) is 5.52. The van der Waals surface area contributed by atoms with E-state index in [0.717, 1.165) is 28.3 Å². The zero-order chi connectivity index (χ0) is 18.5. The summed E-state index contributed by atoms with van der Waals surface area (Å²) in [6, 6.07) is 23.9. The van der Waals surface area contributed by atoms with Crippen molar-refractivity contribution in [2.24, 2.45) is 0 Å². The maximum absolute atomic E-state index is 14.3. The first-order valence-corrected chi connectivity index (χ1v) is 9.10. The first-order chi connectivity index (χ1) is 13.2. The number of benzene rings is 5. The second-order valence-corrected chi connectivity index (χ2v) is 6.92. The van der Waals surface area contributed by atoms with Crippen LogP contribution < -0.4 is 0 Å². The molecule has 0 aliphatic carbocycles. The van der Waals surface area contributed by atoms with Crippen molar-refractivity contribution in [1.29, 1.82) is 5.26 Å². The van der Waals surface area contributed by atoms with Gasteiger partial charge in [0.15, 0.2) is 0 Å². The molecule has 0 spiro atoms. The zero-order valence-corrected chi connectivity index (χ0v) is 14.9. The summed E-state index contributed by atoms with van der Waals surface area (Å²) < 4.78 is 14.3. The van der Waals surface area contributed by atoms with Gasteiger partial charge in [-0.2, -0.15) is 5.26 Å². The van der Waals surface area contributed by atoms with Gasteiger partial charge in [0.2, 0.25) is 0 Å². The van der Waals surface area contributed by atoms with Gasteiger partial charge < -0.3 is 0 Å². The highest BCUT2D eigenvalue weighted by atomic mass is 19.1. The SMILES string of the molecule is CCc1ccc2c(-c3ccc(C#N)c(F)c3)cc3cccc4ccc1c2c43. The van der Waals surface area contributed by atoms with E-state index < -0.39 is 5.82 Å². The van der Waals surface area contributed by atoms with Crippen molar-refractivity contribution in [2.75, 3.05) is 0 Å². The van der Waals surface area contributed by atoms with Gasteiger partial charge in [-0.15, -0.1) is 0 Å². The Labute approximate surface area is 156 Å². The minimum absolute atomic E-state index is 0.0733. The standard InChI is InChI=1S/C25H16FN/c1-2-15-8-11-21-22(17-6-7-19(14-27)23(26)13-17)12-18-5-3-4-16-9-10-20(15)25(21)24(16)18/h3-13H,2H2,1H3. The van der Waals surface area contributed by atoms with E-state index in [-0.39, 0.29) is 5.56 Å². The first kappa shape index (κ1) is 15.8. The van der Waals surface area contributed by atoms with Crippen LogP contribution in [0.15, 0.2) is 66.7 Å². The summed E-state index contributed by atoms with van der Waals surface area (Å²) in [5.41, 5.74) is 3.18. The van der Waals surface area contributed by atoms with Crippen LogP contribution in [0.3, 0.4) is 0 Å². The maximum Gasteiger partial charge on any atom is 0.141 e. The smallest absolute Gasteiger partial charge is 0.141 e. The molecule has 0 saturated heterocycles. The summed E-state index contributed by atoms with van der Waals surface area (Å²) in [6.07, 6.45) is 0.967. The predicted molar refractivity (Wildman–Crippen MR) is 110 cm³/mol. The molecule has 0 aliphatic heterocycles. The minimum Gasteiger partial charge on any atom is -0.206 e. The van der Waals surface area contributed by atoms with E-state index in [4.69, 9.17) is 5.26 Å². The van der Waals surface area contributed by atoms with E-state index in [1.54, 1.807) is 6.07 Å². The largest absolute Gasteiger partial charge is 0.206 e. The second-order valence-electron chi connectivity index (χ2n) is 6.92. The summed E-state index contributed by atoms with van der Waals surface area (Å²) in [4.78, 5) is 0. The zero-order valence-electron chi connectivity index (χ0n) is 14.9. The monoisotopic (exact) mass is 349 g/mol. The molecule has 0 aromatic heterocycles. The number of halogens is 1. The van der Waals surface area contributed by atoms with Gasteiger partial charge in [-0.3, -0.25) is 0 Å². The van der Waals surface area contributed by atoms with E-state index in [2.05, 4.69) is 55.5 Å². The van der Waals surface area contributed by atoms with Gasteiger partial charge in [0, 0.05) is 0 Å². The third-order valence-electron chi connectivity index (χ3n) is 5.52. The van der Waals surface area contributed by atoms with Crippen LogP contribution in [0.1, 0.15) is 18.1 Å². The van der Waals surface area contributed by atoms with Crippen LogP contribution in [0.5, 0.6) is 0 Å². The van der Waals surface area contributed by atoms with Gasteiger partial charge in [-0.05, 0) is 73.6 Å². The normalized spacial score (nSPS) is 11.4. The molecule has 0 bridgehead atoms. The molecule has 5 aromatic rings. The van der Waals surface area contributed by atoms with Gasteiger partial charge in [-0.1, -0.05) is 55.5 Å². The van der Waals surface area contributed by atoms with Crippen molar-refractivity contribution < 1.29 is 4.39 Å². The number of nitriles is 1. The lowest BCUT2D eigenvalue weighted by atomic mass is 9.87. The molecule has 2 heteroatoms. The molecule has 5 rings (SSSR count). The Kier molecular flexibility index (Phi) is 3.39. The highest BCUT2D eigenvalue weighted by Gasteiger charge is 2.15. The van der Waals surface area contributed by atoms with Crippen LogP contribution >= 0.6 is 0 Å². The molecular formula is C25H16FN. The van der Waals surface area contributed by atoms with Gasteiger partial charge in [0.1, 0.15) is 11.9 Å². The highest BCUT2D eigenvalue weighted by Crippen LogP contribution is 2.41. The fraction of sp³-hybridized carbons (Fsp3) is 0.0800. The molecule has 1 nitrogen and oxygen atoms in total. The summed E-state index contributed by atoms with van der Waals surface area (Å²) in [5, 5.41) is 16.3. The quantitative estimate of drug-likeness (QED) is 0.321. The van der Waals surface area contributed by atoms with E-state index >= 15 is 0 Å². The first-order valence-electron chi connectivity index (χ1n) is 9.10. The van der Waals surface area contributed by atoms with Crippen molar-refractivity contribution in [3.63, 3.8) is 0 Å². The molecule has 0 atom stereocenters. The Morgan fingerprint density at radius 1 is 0.852 bits per heavy atom. The van der Waals surface area contributed by atoms with E-state index in [1.165, 1.54) is 33.2 Å². The van der Waals surface area contributed by atoms with Crippen molar-refractivity contribution in [2.45, 2.75) is 13.3 Å². The van der Waals surface area contributed by atoms with Crippen LogP contribution in [0.2, 0.25) is 0 Å². The van der Waals surface area contributed by atoms with Crippen molar-refractivity contribution >= 4 is 32.3 Å². The number of aryl methyl sites for hydroxylation is 1. The van der Waals surface area contributed by atoms with Crippen molar-refractivity contribution in [3.8, 4) is 17.2 Å². The van der Waals surface area contributed by atoms with Crippen molar-refractivity contribution in [1.82, 2.24) is 0 Å². The molecule has 5 aromatic carbocycles. The molecule has 0 fully saturated rings. The fourth-order valence-electron chi connectivity index (χ4n) is 4.21. The van der Waals surface area contributed by atoms with Gasteiger partial charge in [-0.25, -0.2) is 4.39 Å². The van der Waals surface area contributed by atoms with E-state index in [9.17, 15) is 4.39 Å². The Balaban J connectivity index is 1.96. The van der Waals surface area contributed by atoms with Gasteiger partial charge in [0.25, 0.3) is 0 Å². The topological polar surface area (TPSA) is 23.8 Å². The number of nitrogens with zero attached hydrogens (tertiary/aromatic N) is 1. The molecule has 0 saturated carbocycles. The lowest BCUT2D eigenvalue weighted by molar-refractivity contribution is 0.624.